The summed E-state index contributed by atoms with van der Waals surface area (Å²) in [5, 5.41) is 14.0. The lowest BCUT2D eigenvalue weighted by Gasteiger charge is -2.11. The molecule has 1 atom stereocenters. The number of nitrogens with one attached hydrogen (secondary N) is 2. The Morgan fingerprint density at radius 1 is 1.13 bits per heavy atom. The zero-order chi connectivity index (χ0) is 16.2. The molecular weight excluding hydrogens is 288 g/mol. The van der Waals surface area contributed by atoms with Crippen LogP contribution in [0.4, 0.5) is 0 Å². The number of aryl methyl sites for hydroxylation is 1. The van der Waals surface area contributed by atoms with E-state index in [0.717, 1.165) is 17.6 Å². The lowest BCUT2D eigenvalue weighted by atomic mass is 10.1. The zero-order valence-corrected chi connectivity index (χ0v) is 13.0. The number of rotatable bonds is 5. The van der Waals surface area contributed by atoms with Gasteiger partial charge in [-0.15, -0.1) is 0 Å². The van der Waals surface area contributed by atoms with Crippen molar-refractivity contribution in [1.29, 1.82) is 0 Å². The third-order valence-corrected chi connectivity index (χ3v) is 4.06. The van der Waals surface area contributed by atoms with Gasteiger partial charge in [0.05, 0.1) is 0 Å². The third-order valence-electron chi connectivity index (χ3n) is 4.06. The van der Waals surface area contributed by atoms with Gasteiger partial charge >= 0.3 is 0 Å². The summed E-state index contributed by atoms with van der Waals surface area (Å²) in [6, 6.07) is 17.1. The fourth-order valence-corrected chi connectivity index (χ4v) is 2.85. The van der Waals surface area contributed by atoms with E-state index in [0.29, 0.717) is 12.1 Å². The van der Waals surface area contributed by atoms with Crippen LogP contribution in [0.5, 0.6) is 0 Å². The fourth-order valence-electron chi connectivity index (χ4n) is 2.85. The summed E-state index contributed by atoms with van der Waals surface area (Å²) < 4.78 is 0. The van der Waals surface area contributed by atoms with Crippen molar-refractivity contribution in [2.45, 2.75) is 19.4 Å². The van der Waals surface area contributed by atoms with Gasteiger partial charge in [-0.2, -0.15) is 0 Å². The van der Waals surface area contributed by atoms with E-state index in [2.05, 4.69) is 16.4 Å². The van der Waals surface area contributed by atoms with Crippen LogP contribution in [0.3, 0.4) is 0 Å². The molecule has 4 heteroatoms. The van der Waals surface area contributed by atoms with Crippen LogP contribution >= 0.6 is 0 Å². The molecule has 0 saturated heterocycles. The maximum Gasteiger partial charge on any atom is 0.253 e. The zero-order valence-electron chi connectivity index (χ0n) is 13.0. The van der Waals surface area contributed by atoms with Crippen molar-refractivity contribution in [2.75, 3.05) is 6.54 Å². The molecule has 1 aromatic heterocycles. The first kappa shape index (κ1) is 15.3. The van der Waals surface area contributed by atoms with E-state index in [4.69, 9.17) is 0 Å². The number of para-hydroxylation sites is 1. The SMILES string of the molecule is Cc1[nH]c2ccccc2c1CCNC(=O)C(O)c1ccccc1. The molecule has 2 aromatic carbocycles. The standard InChI is InChI=1S/C19H20N2O2/c1-13-15(16-9-5-6-10-17(16)21-13)11-12-20-19(23)18(22)14-7-3-2-4-8-14/h2-10,18,21-22H,11-12H2,1H3,(H,20,23). The van der Waals surface area contributed by atoms with Crippen LogP contribution in [0, 0.1) is 6.92 Å². The van der Waals surface area contributed by atoms with E-state index >= 15 is 0 Å². The summed E-state index contributed by atoms with van der Waals surface area (Å²) in [6.45, 7) is 2.53. The molecular formula is C19H20N2O2. The minimum absolute atomic E-state index is 0.367. The first-order chi connectivity index (χ1) is 11.2. The molecule has 0 spiro atoms. The largest absolute Gasteiger partial charge is 0.378 e. The number of amides is 1. The molecule has 0 radical (unpaired) electrons. The smallest absolute Gasteiger partial charge is 0.253 e. The molecule has 23 heavy (non-hydrogen) atoms. The molecule has 0 bridgehead atoms. The van der Waals surface area contributed by atoms with Crippen LogP contribution in [-0.2, 0) is 11.2 Å². The van der Waals surface area contributed by atoms with Crippen LogP contribution in [0.1, 0.15) is 22.9 Å². The average molecular weight is 308 g/mol. The minimum Gasteiger partial charge on any atom is -0.378 e. The van der Waals surface area contributed by atoms with Crippen molar-refractivity contribution in [3.8, 4) is 0 Å². The number of aromatic amines is 1. The van der Waals surface area contributed by atoms with Crippen LogP contribution < -0.4 is 5.32 Å². The van der Waals surface area contributed by atoms with Gasteiger partial charge in [0.2, 0.25) is 0 Å². The molecule has 118 valence electrons. The van der Waals surface area contributed by atoms with E-state index in [1.807, 2.05) is 31.2 Å². The number of aromatic nitrogens is 1. The lowest BCUT2D eigenvalue weighted by Crippen LogP contribution is -2.31. The molecule has 4 nitrogen and oxygen atoms in total. The predicted octanol–water partition coefficient (Wildman–Crippen LogP) is 2.87. The van der Waals surface area contributed by atoms with Crippen molar-refractivity contribution in [3.63, 3.8) is 0 Å². The molecule has 0 aliphatic heterocycles. The average Bonchev–Trinajstić information content (AvgIpc) is 2.90. The normalized spacial score (nSPS) is 12.3. The number of carbonyl (C=O) groups excluding carboxylic acids is 1. The topological polar surface area (TPSA) is 65.1 Å². The van der Waals surface area contributed by atoms with Crippen LogP contribution in [0.15, 0.2) is 54.6 Å². The molecule has 3 rings (SSSR count). The lowest BCUT2D eigenvalue weighted by molar-refractivity contribution is -0.129. The molecule has 0 aliphatic rings. The van der Waals surface area contributed by atoms with Gasteiger partial charge in [0.1, 0.15) is 0 Å². The molecule has 1 unspecified atom stereocenters. The van der Waals surface area contributed by atoms with Crippen molar-refractivity contribution >= 4 is 16.8 Å². The second-order valence-electron chi connectivity index (χ2n) is 5.63. The molecule has 0 fully saturated rings. The fraction of sp³-hybridized carbons (Fsp3) is 0.211. The molecule has 3 aromatic rings. The second-order valence-corrected chi connectivity index (χ2v) is 5.63. The molecule has 1 amide bonds. The van der Waals surface area contributed by atoms with Gasteiger partial charge in [0, 0.05) is 23.1 Å². The Labute approximate surface area is 135 Å². The Balaban J connectivity index is 1.62. The van der Waals surface area contributed by atoms with E-state index in [1.165, 1.54) is 10.9 Å². The number of H-pyrrole nitrogens is 1. The van der Waals surface area contributed by atoms with Crippen molar-refractivity contribution in [3.05, 3.63) is 71.4 Å². The molecule has 1 heterocycles. The highest BCUT2D eigenvalue weighted by Gasteiger charge is 2.16. The highest BCUT2D eigenvalue weighted by molar-refractivity contribution is 5.85. The summed E-state index contributed by atoms with van der Waals surface area (Å²) in [5.41, 5.74) is 4.03. The maximum absolute atomic E-state index is 12.1. The summed E-state index contributed by atoms with van der Waals surface area (Å²) >= 11 is 0. The first-order valence-corrected chi connectivity index (χ1v) is 7.73. The van der Waals surface area contributed by atoms with Gasteiger partial charge in [0.25, 0.3) is 5.91 Å². The maximum atomic E-state index is 12.1. The Bertz CT molecular complexity index is 809. The van der Waals surface area contributed by atoms with E-state index in [1.54, 1.807) is 24.3 Å². The number of hydrogen-bond acceptors (Lipinski definition) is 2. The van der Waals surface area contributed by atoms with Crippen LogP contribution in [0.2, 0.25) is 0 Å². The summed E-state index contributed by atoms with van der Waals surface area (Å²) in [4.78, 5) is 15.4. The first-order valence-electron chi connectivity index (χ1n) is 7.73. The van der Waals surface area contributed by atoms with Crippen LogP contribution in [0.25, 0.3) is 10.9 Å². The van der Waals surface area contributed by atoms with E-state index in [9.17, 15) is 9.90 Å². The van der Waals surface area contributed by atoms with E-state index < -0.39 is 6.10 Å². The molecule has 3 N–H and O–H groups in total. The third kappa shape index (κ3) is 3.27. The highest BCUT2D eigenvalue weighted by atomic mass is 16.3. The Morgan fingerprint density at radius 2 is 1.83 bits per heavy atom. The number of carbonyl (C=O) groups is 1. The van der Waals surface area contributed by atoms with Gasteiger partial charge in [-0.05, 0) is 30.5 Å². The van der Waals surface area contributed by atoms with E-state index in [-0.39, 0.29) is 5.91 Å². The number of hydrogen-bond donors (Lipinski definition) is 3. The number of aliphatic hydroxyl groups is 1. The minimum atomic E-state index is -1.12. The van der Waals surface area contributed by atoms with Crippen molar-refractivity contribution in [1.82, 2.24) is 10.3 Å². The Kier molecular flexibility index (Phi) is 4.44. The van der Waals surface area contributed by atoms with Gasteiger partial charge in [0.15, 0.2) is 6.10 Å². The predicted molar refractivity (Wildman–Crippen MR) is 91.2 cm³/mol. The Hall–Kier alpha value is -2.59. The Morgan fingerprint density at radius 3 is 2.61 bits per heavy atom. The number of benzene rings is 2. The second kappa shape index (κ2) is 6.67. The number of aliphatic hydroxyl groups excluding tert-OH is 1. The molecule has 0 saturated carbocycles. The van der Waals surface area contributed by atoms with Gasteiger partial charge < -0.3 is 15.4 Å². The van der Waals surface area contributed by atoms with Crippen molar-refractivity contribution < 1.29 is 9.90 Å². The quantitative estimate of drug-likeness (QED) is 0.678. The number of fused-ring (bicyclic) bond motifs is 1. The highest BCUT2D eigenvalue weighted by Crippen LogP contribution is 2.22. The summed E-state index contributed by atoms with van der Waals surface area (Å²) in [5.74, 6) is -0.367. The monoisotopic (exact) mass is 308 g/mol. The summed E-state index contributed by atoms with van der Waals surface area (Å²) in [7, 11) is 0. The molecule has 0 aliphatic carbocycles. The van der Waals surface area contributed by atoms with Crippen molar-refractivity contribution in [2.24, 2.45) is 0 Å². The summed E-state index contributed by atoms with van der Waals surface area (Å²) in [6.07, 6.45) is -0.399. The van der Waals surface area contributed by atoms with Crippen LogP contribution in [-0.4, -0.2) is 22.5 Å². The van der Waals surface area contributed by atoms with Gasteiger partial charge in [-0.3, -0.25) is 4.79 Å². The van der Waals surface area contributed by atoms with Gasteiger partial charge in [-0.25, -0.2) is 0 Å². The van der Waals surface area contributed by atoms with Gasteiger partial charge in [-0.1, -0.05) is 48.5 Å².